The van der Waals surface area contributed by atoms with E-state index >= 15 is 0 Å². The monoisotopic (exact) mass is 349 g/mol. The van der Waals surface area contributed by atoms with Crippen molar-refractivity contribution in [3.05, 3.63) is 69.4 Å². The van der Waals surface area contributed by atoms with Gasteiger partial charge in [0.15, 0.2) is 0 Å². The maximum atomic E-state index is 13.9. The van der Waals surface area contributed by atoms with Crippen molar-refractivity contribution in [1.82, 2.24) is 5.32 Å². The summed E-state index contributed by atoms with van der Waals surface area (Å²) in [5.74, 6) is -0.923. The van der Waals surface area contributed by atoms with Crippen molar-refractivity contribution in [3.63, 3.8) is 0 Å². The van der Waals surface area contributed by atoms with Gasteiger partial charge in [0.2, 0.25) is 0 Å². The number of aryl methyl sites for hydroxylation is 1. The Hall–Kier alpha value is -1.68. The molecule has 1 unspecified atom stereocenters. The maximum Gasteiger partial charge on any atom is 0.254 e. The summed E-state index contributed by atoms with van der Waals surface area (Å²) in [5, 5.41) is 2.84. The number of carbonyl (C=O) groups excluding carboxylic acids is 1. The van der Waals surface area contributed by atoms with Crippen LogP contribution in [0.25, 0.3) is 0 Å². The smallest absolute Gasteiger partial charge is 0.254 e. The van der Waals surface area contributed by atoms with Crippen molar-refractivity contribution >= 4 is 21.8 Å². The first kappa shape index (κ1) is 15.7. The van der Waals surface area contributed by atoms with E-state index in [1.54, 1.807) is 12.1 Å². The fourth-order valence-corrected chi connectivity index (χ4v) is 2.57. The van der Waals surface area contributed by atoms with Crippen LogP contribution in [0.2, 0.25) is 0 Å². The van der Waals surface area contributed by atoms with Crippen molar-refractivity contribution in [1.29, 1.82) is 0 Å². The first-order chi connectivity index (χ1) is 9.99. The summed E-state index contributed by atoms with van der Waals surface area (Å²) in [5.41, 5.74) is 2.42. The van der Waals surface area contributed by atoms with Gasteiger partial charge >= 0.3 is 0 Å². The number of hydrogen-bond donors (Lipinski definition) is 1. The van der Waals surface area contributed by atoms with Gasteiger partial charge in [-0.1, -0.05) is 30.3 Å². The second kappa shape index (κ2) is 6.85. The molecule has 2 aromatic rings. The Bertz CT molecular complexity index is 657. The predicted octanol–water partition coefficient (Wildman–Crippen LogP) is 4.26. The Morgan fingerprint density at radius 1 is 1.24 bits per heavy atom. The summed E-state index contributed by atoms with van der Waals surface area (Å²) in [6.07, 6.45) is 0.716. The van der Waals surface area contributed by atoms with Gasteiger partial charge in [0.1, 0.15) is 5.82 Å². The quantitative estimate of drug-likeness (QED) is 0.877. The number of carbonyl (C=O) groups is 1. The minimum Gasteiger partial charge on any atom is -0.349 e. The van der Waals surface area contributed by atoms with Gasteiger partial charge < -0.3 is 5.32 Å². The number of rotatable bonds is 4. The van der Waals surface area contributed by atoms with Crippen LogP contribution >= 0.6 is 15.9 Å². The van der Waals surface area contributed by atoms with Gasteiger partial charge in [-0.15, -0.1) is 0 Å². The van der Waals surface area contributed by atoms with Gasteiger partial charge in [-0.05, 0) is 59.5 Å². The van der Waals surface area contributed by atoms with Crippen LogP contribution in [-0.4, -0.2) is 11.9 Å². The van der Waals surface area contributed by atoms with Gasteiger partial charge in [0.25, 0.3) is 5.91 Å². The van der Waals surface area contributed by atoms with Gasteiger partial charge in [-0.2, -0.15) is 0 Å². The van der Waals surface area contributed by atoms with Gasteiger partial charge in [0.05, 0.1) is 10.0 Å². The average Bonchev–Trinajstić information content (AvgIpc) is 2.44. The molecular weight excluding hydrogens is 333 g/mol. The van der Waals surface area contributed by atoms with Crippen molar-refractivity contribution in [3.8, 4) is 0 Å². The second-order valence-corrected chi connectivity index (χ2v) is 5.96. The van der Waals surface area contributed by atoms with Gasteiger partial charge in [-0.25, -0.2) is 4.39 Å². The molecule has 1 N–H and O–H groups in total. The summed E-state index contributed by atoms with van der Waals surface area (Å²) in [7, 11) is 0. The molecule has 0 radical (unpaired) electrons. The van der Waals surface area contributed by atoms with Crippen LogP contribution in [-0.2, 0) is 6.42 Å². The van der Waals surface area contributed by atoms with Crippen LogP contribution in [0.4, 0.5) is 4.39 Å². The van der Waals surface area contributed by atoms with Crippen LogP contribution in [0.15, 0.2) is 46.9 Å². The molecule has 0 aliphatic carbocycles. The standard InChI is InChI=1S/C17H17BrFNO/c1-11-6-3-4-7-13(11)10-12(2)20-17(21)14-8-5-9-15(18)16(14)19/h3-9,12H,10H2,1-2H3,(H,20,21). The van der Waals surface area contributed by atoms with E-state index in [1.165, 1.54) is 17.2 Å². The first-order valence-electron chi connectivity index (χ1n) is 6.78. The Balaban J connectivity index is 2.06. The molecule has 4 heteroatoms. The average molecular weight is 350 g/mol. The van der Waals surface area contributed by atoms with E-state index in [0.29, 0.717) is 10.9 Å². The summed E-state index contributed by atoms with van der Waals surface area (Å²) in [6.45, 7) is 3.96. The molecule has 0 heterocycles. The number of halogens is 2. The molecule has 0 aliphatic heterocycles. The summed E-state index contributed by atoms with van der Waals surface area (Å²) < 4.78 is 14.2. The van der Waals surface area contributed by atoms with Gasteiger partial charge in [-0.3, -0.25) is 4.79 Å². The number of amides is 1. The van der Waals surface area contributed by atoms with Crippen LogP contribution in [0.5, 0.6) is 0 Å². The second-order valence-electron chi connectivity index (χ2n) is 5.11. The minimum absolute atomic E-state index is 0.0565. The molecule has 1 amide bonds. The van der Waals surface area contributed by atoms with E-state index in [9.17, 15) is 9.18 Å². The molecule has 1 atom stereocenters. The van der Waals surface area contributed by atoms with E-state index in [1.807, 2.05) is 38.1 Å². The molecule has 2 rings (SSSR count). The SMILES string of the molecule is Cc1ccccc1CC(C)NC(=O)c1cccc(Br)c1F. The third-order valence-electron chi connectivity index (χ3n) is 3.36. The highest BCUT2D eigenvalue weighted by Gasteiger charge is 2.16. The highest BCUT2D eigenvalue weighted by Crippen LogP contribution is 2.18. The van der Waals surface area contributed by atoms with Crippen molar-refractivity contribution < 1.29 is 9.18 Å². The lowest BCUT2D eigenvalue weighted by Crippen LogP contribution is -2.34. The van der Waals surface area contributed by atoms with E-state index in [-0.39, 0.29) is 11.6 Å². The normalized spacial score (nSPS) is 12.0. The molecule has 0 spiro atoms. The maximum absolute atomic E-state index is 13.9. The fraction of sp³-hybridized carbons (Fsp3) is 0.235. The third-order valence-corrected chi connectivity index (χ3v) is 3.97. The molecule has 0 bridgehead atoms. The van der Waals surface area contributed by atoms with Crippen molar-refractivity contribution in [2.45, 2.75) is 26.3 Å². The topological polar surface area (TPSA) is 29.1 Å². The Morgan fingerprint density at radius 2 is 1.95 bits per heavy atom. The highest BCUT2D eigenvalue weighted by atomic mass is 79.9. The molecule has 2 nitrogen and oxygen atoms in total. The Morgan fingerprint density at radius 3 is 2.67 bits per heavy atom. The van der Waals surface area contributed by atoms with Crippen molar-refractivity contribution in [2.24, 2.45) is 0 Å². The van der Waals surface area contributed by atoms with E-state index < -0.39 is 11.7 Å². The largest absolute Gasteiger partial charge is 0.349 e. The predicted molar refractivity (Wildman–Crippen MR) is 85.9 cm³/mol. The molecule has 110 valence electrons. The van der Waals surface area contributed by atoms with Crippen LogP contribution in [0, 0.1) is 12.7 Å². The number of benzene rings is 2. The van der Waals surface area contributed by atoms with Crippen LogP contribution < -0.4 is 5.32 Å². The Kier molecular flexibility index (Phi) is 5.12. The molecule has 0 saturated carbocycles. The zero-order valence-corrected chi connectivity index (χ0v) is 13.6. The van der Waals surface area contributed by atoms with Crippen LogP contribution in [0.1, 0.15) is 28.4 Å². The lowest BCUT2D eigenvalue weighted by atomic mass is 10.0. The summed E-state index contributed by atoms with van der Waals surface area (Å²) in [4.78, 5) is 12.1. The molecule has 0 aromatic heterocycles. The zero-order chi connectivity index (χ0) is 15.4. The molecule has 21 heavy (non-hydrogen) atoms. The zero-order valence-electron chi connectivity index (χ0n) is 12.0. The molecule has 2 aromatic carbocycles. The molecule has 0 saturated heterocycles. The third kappa shape index (κ3) is 3.91. The summed E-state index contributed by atoms with van der Waals surface area (Å²) in [6, 6.07) is 12.7. The van der Waals surface area contributed by atoms with E-state index in [4.69, 9.17) is 0 Å². The Labute approximate surface area is 132 Å². The summed E-state index contributed by atoms with van der Waals surface area (Å²) >= 11 is 3.09. The molecule has 0 fully saturated rings. The molecular formula is C17H17BrFNO. The number of nitrogens with one attached hydrogen (secondary N) is 1. The fourth-order valence-electron chi connectivity index (χ4n) is 2.20. The highest BCUT2D eigenvalue weighted by molar-refractivity contribution is 9.10. The minimum atomic E-state index is -0.530. The van der Waals surface area contributed by atoms with Gasteiger partial charge in [0, 0.05) is 6.04 Å². The molecule has 0 aliphatic rings. The lowest BCUT2D eigenvalue weighted by Gasteiger charge is -2.16. The van der Waals surface area contributed by atoms with Crippen LogP contribution in [0.3, 0.4) is 0 Å². The number of hydrogen-bond acceptors (Lipinski definition) is 1. The van der Waals surface area contributed by atoms with E-state index in [0.717, 1.165) is 0 Å². The first-order valence-corrected chi connectivity index (χ1v) is 7.57. The van der Waals surface area contributed by atoms with E-state index in [2.05, 4.69) is 21.2 Å². The lowest BCUT2D eigenvalue weighted by molar-refractivity contribution is 0.0936. The van der Waals surface area contributed by atoms with Crippen molar-refractivity contribution in [2.75, 3.05) is 0 Å².